The van der Waals surface area contributed by atoms with Crippen LogP contribution in [0.25, 0.3) is 11.2 Å². The van der Waals surface area contributed by atoms with Crippen molar-refractivity contribution in [2.24, 2.45) is 0 Å². The SMILES string of the molecule is [2H]C([2H])(O)C([2H])([2H])O[C@@]1([2H])C([2H])([2H])[C@@]([2H])(n2nnc3c(N[C@@H]4C([2H])([2H])[C@@]4([2H])c4ccc(C)c(F)c4)nc(SCCC)nc32)[C@]([2H])(O)[C@]1([2H])O. The fourth-order valence-electron chi connectivity index (χ4n) is 3.42. The highest BCUT2D eigenvalue weighted by molar-refractivity contribution is 7.99. The molecule has 0 spiro atoms. The standard InChI is InChI=1S/C24H31FN6O4S/c1-3-8-36-24-27-22(26-16-10-14(16)13-5-4-12(2)15(25)9-13)19-23(28-24)31(30-29-19)17-11-18(35-7-6-32)21(34)20(17)33/h4-5,9,14,16-18,20-21,32-34H,3,6-8,10-11H2,1-2H3,(H,26,27,28)/t14-,16+,17+,18-,20-,21+/m0/s1/i6D2,7D2,10D2,11D2,14D,17D,18D,20D,21D. The number of aryl methyl sites for hydroxylation is 1. The van der Waals surface area contributed by atoms with Crippen molar-refractivity contribution < 1.29 is 42.3 Å². The number of nitrogens with one attached hydrogen (secondary N) is 1. The zero-order valence-corrected chi connectivity index (χ0v) is 19.8. The Balaban J connectivity index is 1.68. The largest absolute Gasteiger partial charge is 0.394 e. The van der Waals surface area contributed by atoms with Gasteiger partial charge in [-0.1, -0.05) is 36.0 Å². The number of benzene rings is 1. The quantitative estimate of drug-likeness (QED) is 0.227. The van der Waals surface area contributed by atoms with Gasteiger partial charge in [0.1, 0.15) is 18.0 Å². The molecule has 0 aliphatic heterocycles. The molecular weight excluding hydrogens is 487 g/mol. The fraction of sp³-hybridized carbons (Fsp3) is 0.583. The van der Waals surface area contributed by atoms with Gasteiger partial charge in [0, 0.05) is 30.9 Å². The topological polar surface area (TPSA) is 138 Å². The van der Waals surface area contributed by atoms with Crippen LogP contribution in [-0.2, 0) is 4.74 Å². The van der Waals surface area contributed by atoms with E-state index in [4.69, 9.17) is 17.8 Å². The average Bonchev–Trinajstić information content (AvgIpc) is 3.22. The smallest absolute Gasteiger partial charge is 0.191 e. The summed E-state index contributed by atoms with van der Waals surface area (Å²) < 4.78 is 127. The van der Waals surface area contributed by atoms with Crippen LogP contribution in [-0.4, -0.2) is 83.4 Å². The molecule has 2 aliphatic rings. The van der Waals surface area contributed by atoms with Crippen LogP contribution >= 0.6 is 11.8 Å². The molecule has 6 atom stereocenters. The highest BCUT2D eigenvalue weighted by Crippen LogP contribution is 2.44. The zero-order valence-electron chi connectivity index (χ0n) is 32.0. The van der Waals surface area contributed by atoms with Crippen molar-refractivity contribution in [2.75, 3.05) is 24.2 Å². The molecule has 10 nitrogen and oxygen atoms in total. The van der Waals surface area contributed by atoms with Crippen molar-refractivity contribution in [3.05, 3.63) is 35.1 Å². The zero-order chi connectivity index (χ0) is 37.2. The van der Waals surface area contributed by atoms with Crippen molar-refractivity contribution >= 4 is 28.7 Å². The monoisotopic (exact) mass is 531 g/mol. The van der Waals surface area contributed by atoms with Gasteiger partial charge in [0.05, 0.1) is 36.2 Å². The van der Waals surface area contributed by atoms with Crippen molar-refractivity contribution in [3.8, 4) is 0 Å². The van der Waals surface area contributed by atoms with E-state index in [9.17, 15) is 19.7 Å². The summed E-state index contributed by atoms with van der Waals surface area (Å²) in [5.74, 6) is -2.68. The molecule has 12 heteroatoms. The Kier molecular flexibility index (Phi) is 4.09. The van der Waals surface area contributed by atoms with Crippen molar-refractivity contribution in [2.45, 2.75) is 74.4 Å². The molecule has 0 amide bonds. The predicted octanol–water partition coefficient (Wildman–Crippen LogP) is 2.18. The molecule has 3 aromatic rings. The number of halogens is 1. The van der Waals surface area contributed by atoms with Gasteiger partial charge in [-0.15, -0.1) is 5.10 Å². The number of fused-ring (bicyclic) bond motifs is 1. The first-order chi connectivity index (χ1) is 22.1. The third kappa shape index (κ3) is 4.92. The number of nitrogens with zero attached hydrogens (tertiary/aromatic N) is 5. The lowest BCUT2D eigenvalue weighted by Crippen LogP contribution is -2.33. The first-order valence-electron chi connectivity index (χ1n) is 17.3. The van der Waals surface area contributed by atoms with Gasteiger partial charge in [0.2, 0.25) is 0 Å². The third-order valence-electron chi connectivity index (χ3n) is 5.29. The first-order valence-corrected chi connectivity index (χ1v) is 11.8. The Morgan fingerprint density at radius 2 is 2.17 bits per heavy atom. The predicted molar refractivity (Wildman–Crippen MR) is 133 cm³/mol. The molecule has 194 valence electrons. The Hall–Kier alpha value is -2.38. The minimum Gasteiger partial charge on any atom is -0.394 e. The van der Waals surface area contributed by atoms with Crippen molar-refractivity contribution in [1.29, 1.82) is 0 Å². The van der Waals surface area contributed by atoms with Crippen LogP contribution in [0.15, 0.2) is 23.4 Å². The number of thioether (sulfide) groups is 1. The van der Waals surface area contributed by atoms with Crippen LogP contribution in [0.2, 0.25) is 0 Å². The van der Waals surface area contributed by atoms with Gasteiger partial charge in [-0.25, -0.2) is 19.0 Å². The third-order valence-corrected chi connectivity index (χ3v) is 6.34. The summed E-state index contributed by atoms with van der Waals surface area (Å²) in [6.07, 6.45) is -18.6. The molecule has 1 aromatic carbocycles. The first kappa shape index (κ1) is 14.0. The van der Waals surface area contributed by atoms with Crippen LogP contribution in [0.4, 0.5) is 10.2 Å². The molecule has 36 heavy (non-hydrogen) atoms. The molecule has 4 N–H and O–H groups in total. The van der Waals surface area contributed by atoms with Crippen LogP contribution in [0, 0.1) is 12.7 Å². The van der Waals surface area contributed by atoms with Gasteiger partial charge < -0.3 is 25.4 Å². The number of anilines is 1. The van der Waals surface area contributed by atoms with Crippen molar-refractivity contribution in [3.63, 3.8) is 0 Å². The number of ether oxygens (including phenoxy) is 1. The second kappa shape index (κ2) is 10.5. The van der Waals surface area contributed by atoms with E-state index < -0.39 is 79.0 Å². The van der Waals surface area contributed by atoms with E-state index in [2.05, 4.69) is 30.3 Å². The van der Waals surface area contributed by atoms with Gasteiger partial charge >= 0.3 is 0 Å². The van der Waals surface area contributed by atoms with Crippen molar-refractivity contribution in [1.82, 2.24) is 25.0 Å². The van der Waals surface area contributed by atoms with Crippen LogP contribution in [0.5, 0.6) is 0 Å². The van der Waals surface area contributed by atoms with Gasteiger partial charge in [0.15, 0.2) is 22.1 Å². The summed E-state index contributed by atoms with van der Waals surface area (Å²) in [7, 11) is 0. The Bertz CT molecular complexity index is 1820. The van der Waals surface area contributed by atoms with E-state index in [-0.39, 0.29) is 26.8 Å². The molecule has 2 aliphatic carbocycles. The molecule has 0 radical (unpaired) electrons. The van der Waals surface area contributed by atoms with E-state index in [1.54, 1.807) is 0 Å². The summed E-state index contributed by atoms with van der Waals surface area (Å²) in [6.45, 7) is -4.73. The minimum absolute atomic E-state index is 0.00944. The Morgan fingerprint density at radius 3 is 2.92 bits per heavy atom. The molecule has 2 heterocycles. The lowest BCUT2D eigenvalue weighted by Gasteiger charge is -2.17. The maximum absolute atomic E-state index is 14.4. The summed E-state index contributed by atoms with van der Waals surface area (Å²) in [5, 5.41) is 42.0. The highest BCUT2D eigenvalue weighted by atomic mass is 32.2. The molecule has 0 bridgehead atoms. The molecule has 5 rings (SSSR count). The molecule has 0 saturated heterocycles. The Labute approximate surface area is 230 Å². The average molecular weight is 532 g/mol. The lowest BCUT2D eigenvalue weighted by atomic mass is 10.1. The number of rotatable bonds is 10. The maximum Gasteiger partial charge on any atom is 0.191 e. The van der Waals surface area contributed by atoms with Crippen LogP contribution in [0.3, 0.4) is 0 Å². The summed E-state index contributed by atoms with van der Waals surface area (Å²) in [6, 6.07) is -1.48. The van der Waals surface area contributed by atoms with Crippen LogP contribution < -0.4 is 5.32 Å². The van der Waals surface area contributed by atoms with Gasteiger partial charge in [0.25, 0.3) is 0 Å². The molecule has 2 fully saturated rings. The van der Waals surface area contributed by atoms with Gasteiger partial charge in [-0.3, -0.25) is 0 Å². The summed E-state index contributed by atoms with van der Waals surface area (Å²) in [4.78, 5) is 8.52. The van der Waals surface area contributed by atoms with E-state index in [0.29, 0.717) is 12.2 Å². The van der Waals surface area contributed by atoms with Gasteiger partial charge in [-0.2, -0.15) is 0 Å². The maximum atomic E-state index is 14.4. The second-order valence-corrected chi connectivity index (χ2v) is 8.85. The molecule has 0 unspecified atom stereocenters. The molecule has 2 aromatic heterocycles. The summed E-state index contributed by atoms with van der Waals surface area (Å²) >= 11 is 1.01. The number of aliphatic hydroxyl groups is 3. The van der Waals surface area contributed by atoms with E-state index in [1.165, 1.54) is 19.1 Å². The van der Waals surface area contributed by atoms with E-state index in [0.717, 1.165) is 17.8 Å². The number of hydrogen-bond acceptors (Lipinski definition) is 10. The van der Waals surface area contributed by atoms with E-state index in [1.807, 2.05) is 6.92 Å². The van der Waals surface area contributed by atoms with E-state index >= 15 is 0 Å². The fourth-order valence-corrected chi connectivity index (χ4v) is 4.11. The lowest BCUT2D eigenvalue weighted by molar-refractivity contribution is -0.0629. The highest BCUT2D eigenvalue weighted by Gasteiger charge is 2.45. The molecule has 2 saturated carbocycles. The normalized spacial score (nSPS) is 46.7. The van der Waals surface area contributed by atoms with Crippen LogP contribution in [0.1, 0.15) is 66.9 Å². The number of aromatic nitrogens is 5. The molecular formula is C24H31FN6O4S. The minimum atomic E-state index is -4.31. The Morgan fingerprint density at radius 1 is 1.33 bits per heavy atom. The summed E-state index contributed by atoms with van der Waals surface area (Å²) in [5.41, 5.74) is -0.870. The second-order valence-electron chi connectivity index (χ2n) is 7.79. The number of hydrogen-bond donors (Lipinski definition) is 4. The van der Waals surface area contributed by atoms with Gasteiger partial charge in [-0.05, 0) is 36.9 Å².